The molecule has 0 unspecified atom stereocenters. The fourth-order valence-corrected chi connectivity index (χ4v) is 14.4. The van der Waals surface area contributed by atoms with Crippen LogP contribution in [-0.2, 0) is 36.5 Å². The zero-order valence-corrected chi connectivity index (χ0v) is 48.5. The van der Waals surface area contributed by atoms with Gasteiger partial charge in [-0.05, 0) is 60.8 Å². The SMILES string of the molecule is O=P([O-])([O-])C(N(CCN(C(P(=O)([O-])[O-])P(=O)([O-])[O-])C(P(=O)([O-])[O-])P(=O)([O-])[O-])C(P(=O)([O-])[O-])P(=O)([O-])[O-])P(=O)([O-])[O-].[Ca+2].[Ca+2].[Ca+2].[Ca+2].[Ca+2].[Ca+2].[Ca+2].[Ca+2]. The second-order valence-corrected chi connectivity index (χ2v) is 21.4. The summed E-state index contributed by atoms with van der Waals surface area (Å²) in [6, 6.07) is 0. The summed E-state index contributed by atoms with van der Waals surface area (Å²) in [6.45, 7) is -5.62. The van der Waals surface area contributed by atoms with Gasteiger partial charge in [0.15, 0.2) is 0 Å². The van der Waals surface area contributed by atoms with Crippen molar-refractivity contribution in [1.29, 1.82) is 0 Å². The Bertz CT molecular complexity index is 1040. The first kappa shape index (κ1) is 79.6. The van der Waals surface area contributed by atoms with E-state index in [-0.39, 0.29) is 302 Å². The molecule has 42 heteroatoms. The number of hydrogen-bond donors (Lipinski definition) is 0. The standard InChI is InChI=1S/C6H24N2O24P8.8Ca/c9-33(10,11)3(34(12,13)14)7(4(35(15,16)17)36(18,19)20)1-2-8(5(37(21,22)23)38(24,25)26)6(39(27,28)29)40(30,31)32;;;;;;;;/h3-6H,1-2H2,(H2,9,10,11)(H2,12,13,14)(H2,15,16,17)(H2,18,19,20)(H2,21,22,23)(H2,24,25,26)(H2,27,28,29)(H2,30,31,32);;;;;;;;/q;8*+2/p-16. The van der Waals surface area contributed by atoms with Gasteiger partial charge in [-0.15, -0.1) is 0 Å². The summed E-state index contributed by atoms with van der Waals surface area (Å²) in [4.78, 5) is 179. The molecule has 0 saturated carbocycles. The number of rotatable bonds is 15. The van der Waals surface area contributed by atoms with E-state index >= 15 is 0 Å². The van der Waals surface area contributed by atoms with Crippen LogP contribution < -0.4 is 78.3 Å². The van der Waals surface area contributed by atoms with Gasteiger partial charge in [0.1, 0.15) is 0 Å². The molecule has 0 heterocycles. The Balaban J connectivity index is -0.000000272. The Labute approximate surface area is 509 Å². The molecule has 0 aromatic heterocycles. The molecular weight excluding hydrogens is 1050 g/mol. The van der Waals surface area contributed by atoms with E-state index in [0.29, 0.717) is 0 Å². The van der Waals surface area contributed by atoms with Crippen molar-refractivity contribution in [2.75, 3.05) is 13.1 Å². The Kier molecular flexibility index (Phi) is 50.3. The van der Waals surface area contributed by atoms with Gasteiger partial charge in [0.05, 0.1) is 22.1 Å². The number of hydrogen-bond acceptors (Lipinski definition) is 26. The molecule has 0 atom stereocenters. The van der Waals surface area contributed by atoms with Crippen molar-refractivity contribution < 1.29 is 115 Å². The van der Waals surface area contributed by atoms with Crippen LogP contribution in [0.5, 0.6) is 0 Å². The summed E-state index contributed by atoms with van der Waals surface area (Å²) in [5.41, 5.74) is -18.9. The van der Waals surface area contributed by atoms with Crippen LogP contribution in [0.25, 0.3) is 0 Å². The van der Waals surface area contributed by atoms with Gasteiger partial charge in [0.25, 0.3) is 0 Å². The van der Waals surface area contributed by atoms with Crippen LogP contribution in [0.4, 0.5) is 0 Å². The molecule has 0 saturated heterocycles. The molecule has 0 aromatic rings. The molecule has 0 rings (SSSR count). The second kappa shape index (κ2) is 30.4. The smallest absolute Gasteiger partial charge is 0.809 e. The van der Waals surface area contributed by atoms with Gasteiger partial charge in [-0.25, -0.2) is 0 Å². The third-order valence-electron chi connectivity index (χ3n) is 4.07. The van der Waals surface area contributed by atoms with Crippen LogP contribution in [0.2, 0.25) is 0 Å². The van der Waals surface area contributed by atoms with Gasteiger partial charge in [-0.2, -0.15) is 0 Å². The Morgan fingerprint density at radius 2 is 0.354 bits per heavy atom. The molecule has 0 radical (unpaired) electrons. The predicted octanol–water partition coefficient (Wildman–Crippen LogP) is -17.0. The first-order chi connectivity index (χ1) is 17.0. The van der Waals surface area contributed by atoms with Crippen LogP contribution in [0.15, 0.2) is 0 Å². The van der Waals surface area contributed by atoms with Crippen molar-refractivity contribution >= 4 is 363 Å². The predicted molar refractivity (Wildman–Crippen MR) is 135 cm³/mol. The third-order valence-corrected chi connectivity index (χ3v) is 17.8. The minimum atomic E-state index is -7.38. The Hall–Kier alpha value is 11.2. The van der Waals surface area contributed by atoms with E-state index in [2.05, 4.69) is 0 Å². The molecule has 26 nitrogen and oxygen atoms in total. The monoisotopic (exact) mass is 1060 g/mol. The molecule has 242 valence electrons. The summed E-state index contributed by atoms with van der Waals surface area (Å²) in [6.07, 6.45) is 0. The molecule has 0 bridgehead atoms. The van der Waals surface area contributed by atoms with Crippen LogP contribution >= 0.6 is 60.8 Å². The Morgan fingerprint density at radius 3 is 0.417 bits per heavy atom. The molecule has 0 aliphatic heterocycles. The zero-order chi connectivity index (χ0) is 32.9. The van der Waals surface area contributed by atoms with Gasteiger partial charge in [0, 0.05) is 13.1 Å². The Morgan fingerprint density at radius 1 is 0.271 bits per heavy atom. The molecule has 0 aliphatic rings. The van der Waals surface area contributed by atoms with Crippen LogP contribution in [-0.4, -0.2) is 347 Å². The van der Waals surface area contributed by atoms with Crippen molar-refractivity contribution in [2.24, 2.45) is 0 Å². The molecule has 0 spiro atoms. The van der Waals surface area contributed by atoms with Crippen molar-refractivity contribution in [3.05, 3.63) is 0 Å². The van der Waals surface area contributed by atoms with Gasteiger partial charge in [0.2, 0.25) is 0 Å². The average Bonchev–Trinajstić information content (AvgIpc) is 2.48. The molecule has 0 N–H and O–H groups in total. The largest absolute Gasteiger partial charge is 2.00 e. The van der Waals surface area contributed by atoms with Crippen LogP contribution in [0.3, 0.4) is 0 Å². The maximum absolute atomic E-state index is 11.4. The summed E-state index contributed by atoms with van der Waals surface area (Å²) >= 11 is 0. The number of nitrogens with zero attached hydrogens (tertiary/aromatic N) is 2. The molecule has 0 aromatic carbocycles. The zero-order valence-electron chi connectivity index (χ0n) is 23.7. The summed E-state index contributed by atoms with van der Waals surface area (Å²) < 4.78 is 91.3. The van der Waals surface area contributed by atoms with Crippen molar-refractivity contribution in [3.63, 3.8) is 0 Å². The normalized spacial score (nSPS) is 13.2. The summed E-state index contributed by atoms with van der Waals surface area (Å²) in [7, 11) is -59.0. The fourth-order valence-electron chi connectivity index (χ4n) is 3.08. The first-order valence-corrected chi connectivity index (χ1v) is 21.5. The minimum absolute atomic E-state index is 0. The van der Waals surface area contributed by atoms with Crippen molar-refractivity contribution in [3.8, 4) is 0 Å². The molecule has 0 aliphatic carbocycles. The minimum Gasteiger partial charge on any atom is -0.809 e. The van der Waals surface area contributed by atoms with Crippen molar-refractivity contribution in [1.82, 2.24) is 9.80 Å². The molecule has 0 amide bonds. The maximum Gasteiger partial charge on any atom is 2.00 e. The van der Waals surface area contributed by atoms with Gasteiger partial charge in [-0.3, -0.25) is 9.80 Å². The maximum atomic E-state index is 11.4. The molecule has 0 fully saturated rings. The topological polar surface area (TPSA) is 512 Å². The van der Waals surface area contributed by atoms with E-state index in [1.807, 2.05) is 0 Å². The van der Waals surface area contributed by atoms with Crippen LogP contribution in [0, 0.1) is 0 Å². The van der Waals surface area contributed by atoms with E-state index in [1.54, 1.807) is 0 Å². The summed E-state index contributed by atoms with van der Waals surface area (Å²) in [5, 5.41) is 0. The quantitative estimate of drug-likeness (QED) is 0.109. The van der Waals surface area contributed by atoms with Gasteiger partial charge >= 0.3 is 302 Å². The van der Waals surface area contributed by atoms with E-state index in [4.69, 9.17) is 0 Å². The molecular formula is C6H8Ca8N2O24P8. The van der Waals surface area contributed by atoms with E-state index in [9.17, 15) is 115 Å². The van der Waals surface area contributed by atoms with E-state index in [0.717, 1.165) is 0 Å². The average molecular weight is 1060 g/mol. The van der Waals surface area contributed by atoms with E-state index in [1.165, 1.54) is 0 Å². The molecule has 48 heavy (non-hydrogen) atoms. The van der Waals surface area contributed by atoms with E-state index < -0.39 is 106 Å². The van der Waals surface area contributed by atoms with Gasteiger partial charge in [-0.1, -0.05) is 0 Å². The van der Waals surface area contributed by atoms with Crippen LogP contribution in [0.1, 0.15) is 0 Å². The van der Waals surface area contributed by atoms with Crippen molar-refractivity contribution in [2.45, 2.75) is 22.1 Å². The second-order valence-electron chi connectivity index (χ2n) is 7.18. The summed E-state index contributed by atoms with van der Waals surface area (Å²) in [5.74, 6) is 0. The first-order valence-electron chi connectivity index (χ1n) is 8.61. The van der Waals surface area contributed by atoms with Gasteiger partial charge < -0.3 is 115 Å². The third kappa shape index (κ3) is 28.1. The fraction of sp³-hybridized carbons (Fsp3) is 1.00.